The van der Waals surface area contributed by atoms with Gasteiger partial charge in [-0.3, -0.25) is 0 Å². The highest BCUT2D eigenvalue weighted by Gasteiger charge is 2.20. The Balaban J connectivity index is 3.34. The lowest BCUT2D eigenvalue weighted by molar-refractivity contribution is -0.506. The topological polar surface area (TPSA) is 51.0 Å². The Labute approximate surface area is 100 Å². The third-order valence-electron chi connectivity index (χ3n) is 2.36. The van der Waals surface area contributed by atoms with Crippen molar-refractivity contribution in [3.63, 3.8) is 0 Å². The quantitative estimate of drug-likeness (QED) is 0.768. The smallest absolute Gasteiger partial charge is 0.274 e. The van der Waals surface area contributed by atoms with Crippen molar-refractivity contribution in [3.8, 4) is 0 Å². The Bertz CT molecular complexity index is 438. The molecular weight excluding hydrogens is 228 g/mol. The summed E-state index contributed by atoms with van der Waals surface area (Å²) in [6, 6.07) is 0. The van der Waals surface area contributed by atoms with E-state index in [4.69, 9.17) is 11.6 Å². The maximum Gasteiger partial charge on any atom is 0.274 e. The van der Waals surface area contributed by atoms with Gasteiger partial charge in [-0.1, -0.05) is 39.3 Å². The second-order valence-corrected chi connectivity index (χ2v) is 5.02. The van der Waals surface area contributed by atoms with Crippen molar-refractivity contribution in [2.24, 2.45) is 5.92 Å². The first-order valence-corrected chi connectivity index (χ1v) is 5.76. The Morgan fingerprint density at radius 1 is 1.44 bits per heavy atom. The van der Waals surface area contributed by atoms with Crippen LogP contribution in [-0.4, -0.2) is 4.73 Å². The minimum atomic E-state index is -0.0247. The summed E-state index contributed by atoms with van der Waals surface area (Å²) in [5, 5.41) is 11.8. The van der Waals surface area contributed by atoms with Gasteiger partial charge in [0.25, 0.3) is 5.69 Å². The van der Waals surface area contributed by atoms with Crippen LogP contribution >= 0.6 is 11.6 Å². The molecule has 0 saturated carbocycles. The zero-order chi connectivity index (χ0) is 12.5. The van der Waals surface area contributed by atoms with E-state index in [0.717, 1.165) is 0 Å². The zero-order valence-corrected chi connectivity index (χ0v) is 10.8. The molecule has 0 atom stereocenters. The summed E-state index contributed by atoms with van der Waals surface area (Å²) in [5.74, 6) is 0.255. The summed E-state index contributed by atoms with van der Waals surface area (Å²) in [7, 11) is 0. The molecule has 0 radical (unpaired) electrons. The zero-order valence-electron chi connectivity index (χ0n) is 10.0. The maximum atomic E-state index is 11.8. The van der Waals surface area contributed by atoms with Crippen molar-refractivity contribution < 1.29 is 4.43 Å². The highest BCUT2D eigenvalue weighted by molar-refractivity contribution is 6.30. The summed E-state index contributed by atoms with van der Waals surface area (Å²) in [4.78, 5) is 11.7. The first kappa shape index (κ1) is 13.0. The molecule has 1 aromatic heterocycles. The van der Waals surface area contributed by atoms with E-state index >= 15 is 0 Å². The van der Waals surface area contributed by atoms with Crippen LogP contribution in [0.5, 0.6) is 0 Å². The summed E-state index contributed by atoms with van der Waals surface area (Å²) >= 11 is 5.92. The van der Waals surface area contributed by atoms with E-state index in [0.29, 0.717) is 27.0 Å². The van der Waals surface area contributed by atoms with Crippen molar-refractivity contribution in [3.05, 3.63) is 32.9 Å². The van der Waals surface area contributed by atoms with E-state index in [-0.39, 0.29) is 17.0 Å². The van der Waals surface area contributed by atoms with Crippen molar-refractivity contribution >= 4 is 11.6 Å². The lowest BCUT2D eigenvalue weighted by Crippen LogP contribution is -2.27. The Morgan fingerprint density at radius 3 is 2.44 bits per heavy atom. The van der Waals surface area contributed by atoms with Crippen molar-refractivity contribution in [2.45, 2.75) is 40.0 Å². The molecule has 5 heteroatoms. The van der Waals surface area contributed by atoms with E-state index in [9.17, 15) is 10.1 Å². The van der Waals surface area contributed by atoms with Crippen LogP contribution < -0.4 is 4.43 Å². The average molecular weight is 245 g/mol. The van der Waals surface area contributed by atoms with Crippen LogP contribution in [0, 0.1) is 16.0 Å². The molecular formula is C11H17ClN2O2. The van der Waals surface area contributed by atoms with E-state index in [1.165, 1.54) is 6.20 Å². The minimum absolute atomic E-state index is 0.00472. The lowest BCUT2D eigenvalue weighted by atomic mass is 10.1. The van der Waals surface area contributed by atoms with Gasteiger partial charge < -0.3 is 9.94 Å². The van der Waals surface area contributed by atoms with Gasteiger partial charge in [0.1, 0.15) is 0 Å². The predicted octanol–water partition coefficient (Wildman–Crippen LogP) is 2.72. The Hall–Kier alpha value is -1.03. The monoisotopic (exact) mass is 244 g/mol. The molecule has 0 aliphatic carbocycles. The third kappa shape index (κ3) is 2.55. The van der Waals surface area contributed by atoms with Crippen LogP contribution in [0.2, 0.25) is 5.15 Å². The Morgan fingerprint density at radius 2 is 2.00 bits per heavy atom. The van der Waals surface area contributed by atoms with Crippen molar-refractivity contribution in [1.82, 2.24) is 4.73 Å². The van der Waals surface area contributed by atoms with Gasteiger partial charge in [0.15, 0.2) is 5.15 Å². The Kier molecular flexibility index (Phi) is 3.97. The lowest BCUT2D eigenvalue weighted by Gasteiger charge is -2.19. The number of halogens is 1. The number of aromatic nitrogens is 2. The fraction of sp³-hybridized carbons (Fsp3) is 0.636. The number of hydrogen-bond acceptors (Lipinski definition) is 2. The van der Waals surface area contributed by atoms with Gasteiger partial charge in [0.05, 0.1) is 10.1 Å². The van der Waals surface area contributed by atoms with Gasteiger partial charge in [-0.25, -0.2) is 0 Å². The normalized spacial score (nSPS) is 11.4. The van der Waals surface area contributed by atoms with Gasteiger partial charge in [0.2, 0.25) is 6.20 Å². The van der Waals surface area contributed by atoms with E-state index in [1.54, 1.807) is 0 Å². The molecule has 0 aromatic carbocycles. The number of nitrogens with zero attached hydrogens (tertiary/aromatic N) is 2. The fourth-order valence-corrected chi connectivity index (χ4v) is 1.77. The van der Waals surface area contributed by atoms with Crippen molar-refractivity contribution in [2.75, 3.05) is 0 Å². The number of hydrogen-bond donors (Lipinski definition) is 0. The SMILES string of the molecule is CC(C)Cc1c(Cl)n([O-])c(C(C)C)c[n+]1=O. The highest BCUT2D eigenvalue weighted by Crippen LogP contribution is 2.20. The van der Waals surface area contributed by atoms with Crippen LogP contribution in [0.4, 0.5) is 0 Å². The molecule has 0 saturated heterocycles. The summed E-state index contributed by atoms with van der Waals surface area (Å²) in [6.45, 7) is 7.65. The second kappa shape index (κ2) is 4.87. The molecule has 16 heavy (non-hydrogen) atoms. The largest absolute Gasteiger partial charge is 0.805 e. The van der Waals surface area contributed by atoms with E-state index < -0.39 is 0 Å². The predicted molar refractivity (Wildman–Crippen MR) is 64.2 cm³/mol. The molecule has 0 unspecified atom stereocenters. The van der Waals surface area contributed by atoms with E-state index in [1.807, 2.05) is 27.7 Å². The molecule has 90 valence electrons. The van der Waals surface area contributed by atoms with E-state index in [2.05, 4.69) is 0 Å². The fourth-order valence-electron chi connectivity index (χ4n) is 1.52. The first-order chi connectivity index (χ1) is 7.34. The molecule has 0 bridgehead atoms. The van der Waals surface area contributed by atoms with Crippen LogP contribution in [0.1, 0.15) is 45.0 Å². The molecule has 0 amide bonds. The maximum absolute atomic E-state index is 11.8. The molecule has 1 aromatic rings. The molecule has 0 fully saturated rings. The highest BCUT2D eigenvalue weighted by atomic mass is 35.5. The first-order valence-electron chi connectivity index (χ1n) is 5.38. The van der Waals surface area contributed by atoms with Gasteiger partial charge in [-0.15, -0.1) is 0 Å². The van der Waals surface area contributed by atoms with Crippen LogP contribution in [-0.2, 0) is 6.42 Å². The summed E-state index contributed by atoms with van der Waals surface area (Å²) in [5.41, 5.74) is 0.739. The van der Waals surface area contributed by atoms with Crippen LogP contribution in [0.25, 0.3) is 0 Å². The van der Waals surface area contributed by atoms with Gasteiger partial charge >= 0.3 is 0 Å². The molecule has 0 N–H and O–H groups in total. The molecule has 0 aliphatic rings. The second-order valence-electron chi connectivity index (χ2n) is 4.66. The molecule has 4 nitrogen and oxygen atoms in total. The van der Waals surface area contributed by atoms with Crippen LogP contribution in [0.3, 0.4) is 0 Å². The standard InChI is InChI=1S/C11H17ClN2O2/c1-7(2)5-9-11(12)14(16)10(8(3)4)6-13(9)15/h6-8H,5H2,1-4H3. The van der Waals surface area contributed by atoms with Gasteiger partial charge in [-0.05, 0) is 11.8 Å². The molecule has 0 spiro atoms. The van der Waals surface area contributed by atoms with Gasteiger partial charge in [0, 0.05) is 11.3 Å². The summed E-state index contributed by atoms with van der Waals surface area (Å²) < 4.78 is 1.37. The third-order valence-corrected chi connectivity index (χ3v) is 2.73. The number of rotatable bonds is 3. The average Bonchev–Trinajstić information content (AvgIpc) is 2.17. The summed E-state index contributed by atoms with van der Waals surface area (Å²) in [6.07, 6.45) is 1.82. The molecule has 0 aliphatic heterocycles. The van der Waals surface area contributed by atoms with Crippen LogP contribution in [0.15, 0.2) is 6.20 Å². The minimum Gasteiger partial charge on any atom is -0.805 e. The molecule has 1 heterocycles. The van der Waals surface area contributed by atoms with Gasteiger partial charge in [-0.2, -0.15) is 0 Å². The molecule has 1 rings (SSSR count). The van der Waals surface area contributed by atoms with Crippen molar-refractivity contribution in [1.29, 1.82) is 0 Å².